The normalized spacial score (nSPS) is 12.8. The Balaban J connectivity index is 2.98. The topological polar surface area (TPSA) is 33.3 Å². The minimum Gasteiger partial charge on any atom is -0.496 e. The van der Waals surface area contributed by atoms with E-state index < -0.39 is 0 Å². The van der Waals surface area contributed by atoms with Gasteiger partial charge >= 0.3 is 0 Å². The molecule has 18 heavy (non-hydrogen) atoms. The van der Waals surface area contributed by atoms with Crippen LogP contribution in [0.3, 0.4) is 0 Å². The van der Waals surface area contributed by atoms with Crippen molar-refractivity contribution >= 4 is 0 Å². The smallest absolute Gasteiger partial charge is 0.122 e. The average Bonchev–Trinajstić information content (AvgIpc) is 2.39. The van der Waals surface area contributed by atoms with Crippen molar-refractivity contribution in [1.29, 1.82) is 0 Å². The molecule has 0 amide bonds. The zero-order valence-corrected chi connectivity index (χ0v) is 12.2. The van der Waals surface area contributed by atoms with E-state index in [1.165, 1.54) is 11.1 Å². The Kier molecular flexibility index (Phi) is 6.16. The molecular weight excluding hydrogens is 224 g/mol. The van der Waals surface area contributed by atoms with Crippen molar-refractivity contribution in [3.05, 3.63) is 29.3 Å². The Hall–Kier alpha value is -1.06. The first-order valence-electron chi connectivity index (χ1n) is 6.63. The molecule has 3 nitrogen and oxygen atoms in total. The predicted octanol–water partition coefficient (Wildman–Crippen LogP) is 2.69. The molecule has 102 valence electrons. The minimum absolute atomic E-state index is 0.390. The highest BCUT2D eigenvalue weighted by atomic mass is 16.5. The lowest BCUT2D eigenvalue weighted by Crippen LogP contribution is -2.21. The van der Waals surface area contributed by atoms with Crippen molar-refractivity contribution in [2.75, 3.05) is 27.7 Å². The second-order valence-corrected chi connectivity index (χ2v) is 4.89. The van der Waals surface area contributed by atoms with Crippen LogP contribution in [0.15, 0.2) is 18.2 Å². The van der Waals surface area contributed by atoms with Gasteiger partial charge in [-0.25, -0.2) is 0 Å². The van der Waals surface area contributed by atoms with Crippen LogP contribution in [0.5, 0.6) is 5.75 Å². The summed E-state index contributed by atoms with van der Waals surface area (Å²) < 4.78 is 5.42. The number of methoxy groups -OCH3 is 1. The zero-order chi connectivity index (χ0) is 13.5. The fourth-order valence-corrected chi connectivity index (χ4v) is 2.19. The molecule has 0 heterocycles. The van der Waals surface area contributed by atoms with Crippen LogP contribution >= 0.6 is 0 Å². The van der Waals surface area contributed by atoms with Crippen LogP contribution in [-0.4, -0.2) is 27.7 Å². The Morgan fingerprint density at radius 3 is 2.44 bits per heavy atom. The molecule has 0 aromatic heterocycles. The van der Waals surface area contributed by atoms with Gasteiger partial charge in [0, 0.05) is 6.04 Å². The van der Waals surface area contributed by atoms with Crippen LogP contribution in [0, 0.1) is 0 Å². The summed E-state index contributed by atoms with van der Waals surface area (Å²) in [5.74, 6) is 1.46. The first-order valence-corrected chi connectivity index (χ1v) is 6.63. The summed E-state index contributed by atoms with van der Waals surface area (Å²) in [7, 11) is 5.73. The second-order valence-electron chi connectivity index (χ2n) is 4.89. The van der Waals surface area contributed by atoms with E-state index in [0.717, 1.165) is 18.7 Å². The Bertz CT molecular complexity index is 364. The van der Waals surface area contributed by atoms with E-state index in [2.05, 4.69) is 42.7 Å². The summed E-state index contributed by atoms with van der Waals surface area (Å²) in [6.07, 6.45) is 1.08. The summed E-state index contributed by atoms with van der Waals surface area (Å²) in [5.41, 5.74) is 2.61. The molecule has 0 bridgehead atoms. The Morgan fingerprint density at radius 1 is 1.22 bits per heavy atom. The molecule has 1 unspecified atom stereocenters. The Morgan fingerprint density at radius 2 is 1.94 bits per heavy atom. The van der Waals surface area contributed by atoms with Crippen molar-refractivity contribution in [2.24, 2.45) is 0 Å². The minimum atomic E-state index is 0.390. The number of hydrogen-bond acceptors (Lipinski definition) is 3. The molecule has 0 spiro atoms. The molecule has 0 saturated heterocycles. The maximum Gasteiger partial charge on any atom is 0.122 e. The van der Waals surface area contributed by atoms with Crippen LogP contribution in [0.1, 0.15) is 43.4 Å². The molecule has 0 radical (unpaired) electrons. The van der Waals surface area contributed by atoms with Gasteiger partial charge in [-0.05, 0) is 50.2 Å². The van der Waals surface area contributed by atoms with Gasteiger partial charge in [0.2, 0.25) is 0 Å². The van der Waals surface area contributed by atoms with Gasteiger partial charge in [-0.2, -0.15) is 0 Å². The van der Waals surface area contributed by atoms with E-state index in [0.29, 0.717) is 12.0 Å². The molecular formula is C15H26N2O. The van der Waals surface area contributed by atoms with Gasteiger partial charge in [0.05, 0.1) is 7.11 Å². The maximum atomic E-state index is 5.42. The van der Waals surface area contributed by atoms with Gasteiger partial charge in [-0.1, -0.05) is 26.0 Å². The highest BCUT2D eigenvalue weighted by Gasteiger charge is 2.13. The van der Waals surface area contributed by atoms with Crippen LogP contribution in [-0.2, 0) is 0 Å². The summed E-state index contributed by atoms with van der Waals surface area (Å²) >= 11 is 0. The van der Waals surface area contributed by atoms with E-state index in [1.54, 1.807) is 7.11 Å². The fourth-order valence-electron chi connectivity index (χ4n) is 2.19. The van der Waals surface area contributed by atoms with Gasteiger partial charge in [-0.3, -0.25) is 0 Å². The van der Waals surface area contributed by atoms with Crippen molar-refractivity contribution < 1.29 is 4.74 Å². The summed E-state index contributed by atoms with van der Waals surface area (Å²) in [5, 5.41) is 6.57. The molecule has 0 aliphatic rings. The van der Waals surface area contributed by atoms with E-state index >= 15 is 0 Å². The number of rotatable bonds is 7. The van der Waals surface area contributed by atoms with Crippen molar-refractivity contribution in [3.8, 4) is 5.75 Å². The SMILES string of the molecule is CNCCC(NC)c1ccc(OC)c(C(C)C)c1. The van der Waals surface area contributed by atoms with E-state index in [9.17, 15) is 0 Å². The van der Waals surface area contributed by atoms with E-state index in [1.807, 2.05) is 14.1 Å². The average molecular weight is 250 g/mol. The van der Waals surface area contributed by atoms with Gasteiger partial charge < -0.3 is 15.4 Å². The molecule has 0 fully saturated rings. The molecule has 1 rings (SSSR count). The second kappa shape index (κ2) is 7.39. The fraction of sp³-hybridized carbons (Fsp3) is 0.600. The molecule has 0 aliphatic carbocycles. The standard InChI is InChI=1S/C15H26N2O/c1-11(2)13-10-12(6-7-15(13)18-5)14(17-4)8-9-16-3/h6-7,10-11,14,16-17H,8-9H2,1-5H3. The molecule has 1 atom stereocenters. The monoisotopic (exact) mass is 250 g/mol. The third-order valence-corrected chi connectivity index (χ3v) is 3.31. The highest BCUT2D eigenvalue weighted by Crippen LogP contribution is 2.30. The van der Waals surface area contributed by atoms with Gasteiger partial charge in [-0.15, -0.1) is 0 Å². The molecule has 0 saturated carbocycles. The van der Waals surface area contributed by atoms with Gasteiger partial charge in [0.25, 0.3) is 0 Å². The number of ether oxygens (including phenoxy) is 1. The highest BCUT2D eigenvalue weighted by molar-refractivity contribution is 5.40. The van der Waals surface area contributed by atoms with Crippen LogP contribution in [0.25, 0.3) is 0 Å². The predicted molar refractivity (Wildman–Crippen MR) is 77.4 cm³/mol. The summed E-state index contributed by atoms with van der Waals surface area (Å²) in [6, 6.07) is 6.89. The van der Waals surface area contributed by atoms with Crippen molar-refractivity contribution in [1.82, 2.24) is 10.6 Å². The molecule has 3 heteroatoms. The maximum absolute atomic E-state index is 5.42. The van der Waals surface area contributed by atoms with Crippen molar-refractivity contribution in [2.45, 2.75) is 32.2 Å². The van der Waals surface area contributed by atoms with E-state index in [-0.39, 0.29) is 0 Å². The molecule has 1 aromatic rings. The first-order chi connectivity index (χ1) is 8.63. The van der Waals surface area contributed by atoms with Crippen LogP contribution in [0.4, 0.5) is 0 Å². The van der Waals surface area contributed by atoms with Crippen LogP contribution < -0.4 is 15.4 Å². The lowest BCUT2D eigenvalue weighted by atomic mass is 9.95. The summed E-state index contributed by atoms with van der Waals surface area (Å²) in [4.78, 5) is 0. The van der Waals surface area contributed by atoms with Crippen LogP contribution in [0.2, 0.25) is 0 Å². The van der Waals surface area contributed by atoms with E-state index in [4.69, 9.17) is 4.74 Å². The van der Waals surface area contributed by atoms with Gasteiger partial charge in [0.1, 0.15) is 5.75 Å². The molecule has 1 aromatic carbocycles. The largest absolute Gasteiger partial charge is 0.496 e. The third-order valence-electron chi connectivity index (χ3n) is 3.31. The number of nitrogens with one attached hydrogen (secondary N) is 2. The lowest BCUT2D eigenvalue weighted by Gasteiger charge is -2.20. The van der Waals surface area contributed by atoms with Gasteiger partial charge in [0.15, 0.2) is 0 Å². The number of hydrogen-bond donors (Lipinski definition) is 2. The van der Waals surface area contributed by atoms with Crippen molar-refractivity contribution in [3.63, 3.8) is 0 Å². The summed E-state index contributed by atoms with van der Waals surface area (Å²) in [6.45, 7) is 5.40. The first kappa shape index (κ1) is 15.0. The molecule has 0 aliphatic heterocycles. The molecule has 2 N–H and O–H groups in total. The quantitative estimate of drug-likeness (QED) is 0.780. The third kappa shape index (κ3) is 3.72. The number of benzene rings is 1. The zero-order valence-electron chi connectivity index (χ0n) is 12.2. The lowest BCUT2D eigenvalue weighted by molar-refractivity contribution is 0.407. The Labute approximate surface area is 111 Å².